The largest absolute Gasteiger partial charge is 0.467 e. The highest BCUT2D eigenvalue weighted by Crippen LogP contribution is 2.41. The topological polar surface area (TPSA) is 71.5 Å². The van der Waals surface area contributed by atoms with Crippen molar-refractivity contribution in [3.05, 3.63) is 16.1 Å². The van der Waals surface area contributed by atoms with Crippen molar-refractivity contribution >= 4 is 23.3 Å². The van der Waals surface area contributed by atoms with Crippen molar-refractivity contribution in [2.45, 2.75) is 45.2 Å². The Kier molecular flexibility index (Phi) is 5.39. The van der Waals surface area contributed by atoms with Crippen molar-refractivity contribution in [3.63, 3.8) is 0 Å². The number of nitrogens with one attached hydrogen (secondary N) is 1. The second-order valence-corrected chi connectivity index (χ2v) is 6.89. The van der Waals surface area contributed by atoms with Crippen LogP contribution in [0.25, 0.3) is 0 Å². The Morgan fingerprint density at radius 3 is 2.73 bits per heavy atom. The van der Waals surface area contributed by atoms with Crippen molar-refractivity contribution in [1.29, 1.82) is 0 Å². The van der Waals surface area contributed by atoms with Crippen molar-refractivity contribution in [2.75, 3.05) is 14.2 Å². The molecule has 0 aliphatic heterocycles. The van der Waals surface area contributed by atoms with E-state index in [9.17, 15) is 9.59 Å². The predicted octanol–water partition coefficient (Wildman–Crippen LogP) is 2.36. The van der Waals surface area contributed by atoms with Crippen LogP contribution in [-0.4, -0.2) is 42.1 Å². The van der Waals surface area contributed by atoms with Gasteiger partial charge in [0.2, 0.25) is 0 Å². The van der Waals surface area contributed by atoms with Gasteiger partial charge in [0.25, 0.3) is 0 Å². The summed E-state index contributed by atoms with van der Waals surface area (Å²) in [5.41, 5.74) is 0.892. The molecule has 0 radical (unpaired) electrons. The maximum Gasteiger partial charge on any atom is 0.328 e. The molecule has 1 N–H and O–H groups in total. The van der Waals surface area contributed by atoms with Gasteiger partial charge in [0.1, 0.15) is 6.04 Å². The summed E-state index contributed by atoms with van der Waals surface area (Å²) in [4.78, 5) is 30.0. The monoisotopic (exact) mass is 325 g/mol. The third-order valence-corrected chi connectivity index (χ3v) is 4.70. The van der Waals surface area contributed by atoms with Crippen LogP contribution in [0.1, 0.15) is 43.3 Å². The Morgan fingerprint density at radius 1 is 1.50 bits per heavy atom. The molecule has 122 valence electrons. The average molecular weight is 325 g/mol. The number of amides is 2. The van der Waals surface area contributed by atoms with Crippen LogP contribution in [0.4, 0.5) is 4.79 Å². The van der Waals surface area contributed by atoms with E-state index in [2.05, 4.69) is 10.3 Å². The molecule has 0 spiro atoms. The number of aromatic nitrogens is 1. The molecule has 1 aliphatic carbocycles. The van der Waals surface area contributed by atoms with Crippen LogP contribution in [0.5, 0.6) is 0 Å². The summed E-state index contributed by atoms with van der Waals surface area (Å²) in [6.07, 6.45) is 2.44. The second-order valence-electron chi connectivity index (χ2n) is 6.00. The number of hydrogen-bond donors (Lipinski definition) is 1. The van der Waals surface area contributed by atoms with Crippen molar-refractivity contribution < 1.29 is 14.3 Å². The lowest BCUT2D eigenvalue weighted by molar-refractivity contribution is -0.144. The van der Waals surface area contributed by atoms with E-state index < -0.39 is 12.0 Å². The van der Waals surface area contributed by atoms with E-state index in [0.717, 1.165) is 5.69 Å². The molecule has 2 amide bonds. The highest BCUT2D eigenvalue weighted by Gasteiger charge is 2.28. The molecule has 6 nitrogen and oxygen atoms in total. The molecule has 2 rings (SSSR count). The summed E-state index contributed by atoms with van der Waals surface area (Å²) >= 11 is 1.66. The Labute approximate surface area is 134 Å². The van der Waals surface area contributed by atoms with E-state index in [1.807, 2.05) is 19.2 Å². The maximum absolute atomic E-state index is 12.2. The van der Waals surface area contributed by atoms with Crippen LogP contribution in [0.15, 0.2) is 5.38 Å². The molecule has 0 saturated heterocycles. The summed E-state index contributed by atoms with van der Waals surface area (Å²) < 4.78 is 4.73. The maximum atomic E-state index is 12.2. The van der Waals surface area contributed by atoms with Gasteiger partial charge in [-0.25, -0.2) is 14.6 Å². The standard InChI is InChI=1S/C15H23N3O3S/c1-9(2)12(14(19)21-4)17-15(20)18(3)7-11-8-22-13(16-11)10-5-6-10/h8-10,12H,5-7H2,1-4H3,(H,17,20)/t12-/m0/s1. The molecule has 1 fully saturated rings. The van der Waals surface area contributed by atoms with Gasteiger partial charge in [-0.3, -0.25) is 0 Å². The number of carbonyl (C=O) groups excluding carboxylic acids is 2. The lowest BCUT2D eigenvalue weighted by atomic mass is 10.1. The summed E-state index contributed by atoms with van der Waals surface area (Å²) in [6.45, 7) is 4.16. The average Bonchev–Trinajstić information content (AvgIpc) is 3.23. The number of methoxy groups -OCH3 is 1. The molecule has 1 atom stereocenters. The SMILES string of the molecule is COC(=O)[C@@H](NC(=O)N(C)Cc1csc(C2CC2)n1)C(C)C. The number of urea groups is 1. The van der Waals surface area contributed by atoms with Gasteiger partial charge < -0.3 is 15.0 Å². The van der Waals surface area contributed by atoms with E-state index in [4.69, 9.17) is 4.74 Å². The molecule has 1 aromatic rings. The molecule has 1 aromatic heterocycles. The minimum atomic E-state index is -0.641. The van der Waals surface area contributed by atoms with Crippen molar-refractivity contribution in [3.8, 4) is 0 Å². The Bertz CT molecular complexity index is 540. The van der Waals surface area contributed by atoms with Crippen LogP contribution in [-0.2, 0) is 16.1 Å². The number of ether oxygens (including phenoxy) is 1. The van der Waals surface area contributed by atoms with Gasteiger partial charge >= 0.3 is 12.0 Å². The fourth-order valence-electron chi connectivity index (χ4n) is 2.10. The third-order valence-electron chi connectivity index (χ3n) is 3.64. The van der Waals surface area contributed by atoms with Crippen LogP contribution < -0.4 is 5.32 Å². The Hall–Kier alpha value is -1.63. The predicted molar refractivity (Wildman–Crippen MR) is 84.7 cm³/mol. The van der Waals surface area contributed by atoms with E-state index >= 15 is 0 Å². The Balaban J connectivity index is 1.91. The molecule has 1 aliphatic rings. The van der Waals surface area contributed by atoms with E-state index in [0.29, 0.717) is 12.5 Å². The van der Waals surface area contributed by atoms with E-state index in [1.165, 1.54) is 29.9 Å². The van der Waals surface area contributed by atoms with Crippen LogP contribution in [0.3, 0.4) is 0 Å². The molecule has 0 aromatic carbocycles. The fraction of sp³-hybridized carbons (Fsp3) is 0.667. The van der Waals surface area contributed by atoms with E-state index in [-0.39, 0.29) is 11.9 Å². The smallest absolute Gasteiger partial charge is 0.328 e. The second kappa shape index (κ2) is 7.09. The number of carbonyl (C=O) groups is 2. The molecule has 22 heavy (non-hydrogen) atoms. The number of nitrogens with zero attached hydrogens (tertiary/aromatic N) is 2. The number of thiazole rings is 1. The first-order valence-corrected chi connectivity index (χ1v) is 8.34. The quantitative estimate of drug-likeness (QED) is 0.815. The zero-order valence-electron chi connectivity index (χ0n) is 13.5. The summed E-state index contributed by atoms with van der Waals surface area (Å²) in [7, 11) is 3.02. The summed E-state index contributed by atoms with van der Waals surface area (Å²) in [6, 6.07) is -0.942. The zero-order chi connectivity index (χ0) is 16.3. The summed E-state index contributed by atoms with van der Waals surface area (Å²) in [5.74, 6) is 0.162. The molecule has 7 heteroatoms. The normalized spacial score (nSPS) is 15.5. The lowest BCUT2D eigenvalue weighted by Crippen LogP contribution is -2.49. The highest BCUT2D eigenvalue weighted by atomic mass is 32.1. The molecule has 0 bridgehead atoms. The van der Waals surface area contributed by atoms with Crippen LogP contribution in [0.2, 0.25) is 0 Å². The van der Waals surface area contributed by atoms with Crippen LogP contribution in [0, 0.1) is 5.92 Å². The minimum Gasteiger partial charge on any atom is -0.467 e. The highest BCUT2D eigenvalue weighted by molar-refractivity contribution is 7.09. The molecule has 0 unspecified atom stereocenters. The third kappa shape index (κ3) is 4.19. The number of esters is 1. The van der Waals surface area contributed by atoms with Crippen molar-refractivity contribution in [1.82, 2.24) is 15.2 Å². The minimum absolute atomic E-state index is 0.0365. The van der Waals surface area contributed by atoms with Crippen LogP contribution >= 0.6 is 11.3 Å². The van der Waals surface area contributed by atoms with Gasteiger partial charge in [-0.15, -0.1) is 11.3 Å². The number of rotatable bonds is 6. The van der Waals surface area contributed by atoms with Gasteiger partial charge in [-0.2, -0.15) is 0 Å². The van der Waals surface area contributed by atoms with Gasteiger partial charge in [0.05, 0.1) is 24.4 Å². The van der Waals surface area contributed by atoms with Gasteiger partial charge in [0.15, 0.2) is 0 Å². The lowest BCUT2D eigenvalue weighted by Gasteiger charge is -2.23. The summed E-state index contributed by atoms with van der Waals surface area (Å²) in [5, 5.41) is 5.88. The molecular weight excluding hydrogens is 302 g/mol. The molecular formula is C15H23N3O3S. The van der Waals surface area contributed by atoms with Gasteiger partial charge in [-0.05, 0) is 18.8 Å². The van der Waals surface area contributed by atoms with Crippen molar-refractivity contribution in [2.24, 2.45) is 5.92 Å². The first-order chi connectivity index (χ1) is 10.4. The Morgan fingerprint density at radius 2 is 2.18 bits per heavy atom. The van der Waals surface area contributed by atoms with Gasteiger partial charge in [-0.1, -0.05) is 13.8 Å². The van der Waals surface area contributed by atoms with E-state index in [1.54, 1.807) is 18.4 Å². The molecule has 1 heterocycles. The molecule has 1 saturated carbocycles. The fourth-order valence-corrected chi connectivity index (χ4v) is 3.08. The first kappa shape index (κ1) is 16.7. The number of hydrogen-bond acceptors (Lipinski definition) is 5. The zero-order valence-corrected chi connectivity index (χ0v) is 14.3. The van der Waals surface area contributed by atoms with Gasteiger partial charge in [0, 0.05) is 18.3 Å². The first-order valence-electron chi connectivity index (χ1n) is 7.46.